The van der Waals surface area contributed by atoms with Gasteiger partial charge in [-0.3, -0.25) is 14.6 Å². The second-order valence-corrected chi connectivity index (χ2v) is 7.64. The van der Waals surface area contributed by atoms with Gasteiger partial charge in [-0.1, -0.05) is 12.1 Å². The van der Waals surface area contributed by atoms with Gasteiger partial charge in [-0.05, 0) is 30.3 Å². The summed E-state index contributed by atoms with van der Waals surface area (Å²) in [5, 5.41) is 12.8. The van der Waals surface area contributed by atoms with E-state index in [0.717, 1.165) is 34.6 Å². The number of aromatic amines is 1. The number of hydrogen-bond acceptors (Lipinski definition) is 5. The topological polar surface area (TPSA) is 133 Å². The lowest BCUT2D eigenvalue weighted by molar-refractivity contribution is -0.192. The molecule has 1 aromatic carbocycles. The maximum absolute atomic E-state index is 12.1. The van der Waals surface area contributed by atoms with Gasteiger partial charge in [-0.2, -0.15) is 13.2 Å². The van der Waals surface area contributed by atoms with Crippen molar-refractivity contribution in [2.45, 2.75) is 12.6 Å². The number of fused-ring (bicyclic) bond motifs is 1. The van der Waals surface area contributed by atoms with Crippen molar-refractivity contribution >= 4 is 17.8 Å². The summed E-state index contributed by atoms with van der Waals surface area (Å²) in [7, 11) is 1.60. The van der Waals surface area contributed by atoms with Gasteiger partial charge in [0, 0.05) is 60.9 Å². The number of ether oxygens (including phenoxy) is 1. The fourth-order valence-electron chi connectivity index (χ4n) is 3.37. The Kier molecular flexibility index (Phi) is 8.43. The van der Waals surface area contributed by atoms with E-state index in [1.807, 2.05) is 30.3 Å². The van der Waals surface area contributed by atoms with Gasteiger partial charge in [0.25, 0.3) is 11.8 Å². The summed E-state index contributed by atoms with van der Waals surface area (Å²) in [5.41, 5.74) is 5.81. The zero-order valence-corrected chi connectivity index (χ0v) is 19.1. The number of carbonyl (C=O) groups excluding carboxylic acids is 2. The molecule has 0 aliphatic carbocycles. The largest absolute Gasteiger partial charge is 0.490 e. The van der Waals surface area contributed by atoms with Gasteiger partial charge in [0.1, 0.15) is 0 Å². The Morgan fingerprint density at radius 2 is 1.83 bits per heavy atom. The van der Waals surface area contributed by atoms with Gasteiger partial charge in [-0.25, -0.2) is 4.79 Å². The van der Waals surface area contributed by atoms with E-state index in [4.69, 9.17) is 14.6 Å². The molecule has 2 amide bonds. The number of rotatable bonds is 6. The summed E-state index contributed by atoms with van der Waals surface area (Å²) in [6.07, 6.45) is -2.54. The first-order chi connectivity index (χ1) is 17.1. The van der Waals surface area contributed by atoms with E-state index < -0.39 is 12.1 Å². The zero-order chi connectivity index (χ0) is 26.3. The zero-order valence-electron chi connectivity index (χ0n) is 19.1. The minimum absolute atomic E-state index is 0.0394. The van der Waals surface area contributed by atoms with E-state index in [1.165, 1.54) is 0 Å². The van der Waals surface area contributed by atoms with E-state index in [-0.39, 0.29) is 11.8 Å². The molecule has 4 N–H and O–H groups in total. The number of nitrogens with one attached hydrogen (secondary N) is 3. The van der Waals surface area contributed by atoms with Crippen LogP contribution in [0.4, 0.5) is 13.2 Å². The van der Waals surface area contributed by atoms with Gasteiger partial charge in [-0.15, -0.1) is 0 Å². The number of aromatic nitrogens is 2. The van der Waals surface area contributed by atoms with Crippen molar-refractivity contribution in [2.24, 2.45) is 0 Å². The third-order valence-corrected chi connectivity index (χ3v) is 5.15. The number of benzene rings is 1. The van der Waals surface area contributed by atoms with Crippen LogP contribution in [0.3, 0.4) is 0 Å². The van der Waals surface area contributed by atoms with Crippen molar-refractivity contribution in [1.82, 2.24) is 20.6 Å². The fraction of sp³-hybridized carbons (Fsp3) is 0.250. The molecule has 0 fully saturated rings. The number of pyridine rings is 1. The van der Waals surface area contributed by atoms with Crippen molar-refractivity contribution in [3.8, 4) is 22.5 Å². The van der Waals surface area contributed by atoms with Gasteiger partial charge >= 0.3 is 12.1 Å². The highest BCUT2D eigenvalue weighted by Gasteiger charge is 2.38. The third-order valence-electron chi connectivity index (χ3n) is 5.15. The average Bonchev–Trinajstić information content (AvgIpc) is 3.30. The molecule has 1 aliphatic rings. The van der Waals surface area contributed by atoms with E-state index in [9.17, 15) is 22.8 Å². The normalized spacial score (nSPS) is 12.6. The number of alkyl halides is 3. The van der Waals surface area contributed by atoms with Crippen LogP contribution < -0.4 is 10.6 Å². The first kappa shape index (κ1) is 26.4. The molecular weight excluding hydrogens is 481 g/mol. The summed E-state index contributed by atoms with van der Waals surface area (Å²) < 4.78 is 36.7. The van der Waals surface area contributed by atoms with Gasteiger partial charge in [0.15, 0.2) is 0 Å². The molecule has 0 bridgehead atoms. The number of H-pyrrole nitrogens is 1. The van der Waals surface area contributed by atoms with E-state index >= 15 is 0 Å². The molecule has 0 atom stereocenters. The second-order valence-electron chi connectivity index (χ2n) is 7.64. The van der Waals surface area contributed by atoms with Crippen LogP contribution in [0.5, 0.6) is 0 Å². The Bertz CT molecular complexity index is 1240. The van der Waals surface area contributed by atoms with Gasteiger partial charge in [0.2, 0.25) is 0 Å². The Morgan fingerprint density at radius 1 is 1.14 bits per heavy atom. The molecule has 0 saturated carbocycles. The number of halogens is 3. The molecule has 36 heavy (non-hydrogen) atoms. The van der Waals surface area contributed by atoms with E-state index in [0.29, 0.717) is 30.8 Å². The molecule has 3 aromatic rings. The number of carboxylic acid groups (broad SMARTS) is 1. The maximum atomic E-state index is 12.1. The first-order valence-corrected chi connectivity index (χ1v) is 10.7. The number of hydrogen-bond donors (Lipinski definition) is 4. The van der Waals surface area contributed by atoms with E-state index in [2.05, 4.69) is 20.6 Å². The molecule has 4 rings (SSSR count). The highest BCUT2D eigenvalue weighted by atomic mass is 19.4. The quantitative estimate of drug-likeness (QED) is 0.382. The van der Waals surface area contributed by atoms with Crippen LogP contribution in [-0.2, 0) is 16.0 Å². The number of nitrogens with zero attached hydrogens (tertiary/aromatic N) is 1. The Hall–Kier alpha value is -4.19. The molecule has 0 spiro atoms. The fourth-order valence-corrected chi connectivity index (χ4v) is 3.37. The summed E-state index contributed by atoms with van der Waals surface area (Å²) in [4.78, 5) is 40.8. The minimum atomic E-state index is -5.08. The van der Waals surface area contributed by atoms with Crippen molar-refractivity contribution in [2.75, 3.05) is 26.8 Å². The molecule has 12 heteroatoms. The average molecular weight is 504 g/mol. The predicted molar refractivity (Wildman–Crippen MR) is 123 cm³/mol. The monoisotopic (exact) mass is 504 g/mol. The van der Waals surface area contributed by atoms with Crippen LogP contribution in [0, 0.1) is 0 Å². The molecule has 3 heterocycles. The highest BCUT2D eigenvalue weighted by Crippen LogP contribution is 2.27. The Balaban J connectivity index is 0.000000454. The van der Waals surface area contributed by atoms with Crippen LogP contribution in [-0.4, -0.2) is 65.8 Å². The predicted octanol–water partition coefficient (Wildman–Crippen LogP) is 3.04. The van der Waals surface area contributed by atoms with Crippen molar-refractivity contribution in [3.63, 3.8) is 0 Å². The summed E-state index contributed by atoms with van der Waals surface area (Å²) in [6, 6.07) is 13.1. The summed E-state index contributed by atoms with van der Waals surface area (Å²) in [6.45, 7) is 1.60. The third kappa shape index (κ3) is 6.69. The molecule has 0 radical (unpaired) electrons. The summed E-state index contributed by atoms with van der Waals surface area (Å²) in [5.74, 6) is -2.93. The number of carbonyl (C=O) groups is 3. The lowest BCUT2D eigenvalue weighted by Crippen LogP contribution is -2.31. The SMILES string of the molecule is COCCNC(=O)c1ccc(-c2cc(-c3cc4c([nH]3)CCNC4=O)ccn2)cc1.O=C(O)C(F)(F)F. The standard InChI is InChI=1S/C22H22N4O3.C2HF3O2/c1-29-11-10-25-21(27)15-4-2-14(3-5-15)19-12-16(6-8-23-19)20-13-17-18(26-20)7-9-24-22(17)28;3-2(4,5)1(6)7/h2-6,8,12-13,26H,7,9-11H2,1H3,(H,24,28)(H,25,27);(H,6,7). The van der Waals surface area contributed by atoms with Gasteiger partial charge < -0.3 is 25.5 Å². The second kappa shape index (κ2) is 11.5. The number of amides is 2. The van der Waals surface area contributed by atoms with Crippen molar-refractivity contribution < 1.29 is 37.4 Å². The van der Waals surface area contributed by atoms with Crippen LogP contribution in [0.25, 0.3) is 22.5 Å². The number of methoxy groups -OCH3 is 1. The number of carboxylic acids is 1. The Labute approximate surface area is 203 Å². The molecular formula is C24H23F3N4O5. The molecule has 2 aromatic heterocycles. The molecule has 0 unspecified atom stereocenters. The lowest BCUT2D eigenvalue weighted by Gasteiger charge is -2.11. The first-order valence-electron chi connectivity index (χ1n) is 10.7. The van der Waals surface area contributed by atoms with Gasteiger partial charge in [0.05, 0.1) is 17.9 Å². The van der Waals surface area contributed by atoms with Crippen LogP contribution in [0.15, 0.2) is 48.7 Å². The lowest BCUT2D eigenvalue weighted by atomic mass is 10.0. The molecule has 0 saturated heterocycles. The minimum Gasteiger partial charge on any atom is -0.475 e. The molecule has 190 valence electrons. The van der Waals surface area contributed by atoms with Crippen molar-refractivity contribution in [1.29, 1.82) is 0 Å². The van der Waals surface area contributed by atoms with Crippen LogP contribution in [0.2, 0.25) is 0 Å². The Morgan fingerprint density at radius 3 is 2.44 bits per heavy atom. The maximum Gasteiger partial charge on any atom is 0.490 e. The van der Waals surface area contributed by atoms with Crippen LogP contribution >= 0.6 is 0 Å². The van der Waals surface area contributed by atoms with Crippen molar-refractivity contribution in [3.05, 3.63) is 65.5 Å². The molecule has 9 nitrogen and oxygen atoms in total. The van der Waals surface area contributed by atoms with Crippen LogP contribution in [0.1, 0.15) is 26.4 Å². The molecule has 1 aliphatic heterocycles. The smallest absolute Gasteiger partial charge is 0.475 e. The highest BCUT2D eigenvalue weighted by molar-refractivity contribution is 5.98. The number of aliphatic carboxylic acids is 1. The van der Waals surface area contributed by atoms with E-state index in [1.54, 1.807) is 25.4 Å². The summed E-state index contributed by atoms with van der Waals surface area (Å²) >= 11 is 0.